The third-order valence-corrected chi connectivity index (χ3v) is 7.12. The first-order valence-corrected chi connectivity index (χ1v) is 11.2. The second-order valence-electron chi connectivity index (χ2n) is 9.25. The highest BCUT2D eigenvalue weighted by Gasteiger charge is 2.43. The van der Waals surface area contributed by atoms with Crippen molar-refractivity contribution in [3.8, 4) is 0 Å². The standard InChI is InChI=1S/C26H27N3O/c1-17-11-13-28(16-17)23-8-4-6-19-12-14-29(26(30)25(19)23)24-15-20(24)22-10-9-18-5-2-3-7-21(18)27-22/h2-6,8-10,12,14,17,20-21,24H,7,11,13,15-16H2,1H3. The first-order valence-electron chi connectivity index (χ1n) is 11.2. The van der Waals surface area contributed by atoms with Gasteiger partial charge in [-0.3, -0.25) is 9.79 Å². The third-order valence-electron chi connectivity index (χ3n) is 7.12. The van der Waals surface area contributed by atoms with Crippen LogP contribution in [0.3, 0.4) is 0 Å². The van der Waals surface area contributed by atoms with Crippen molar-refractivity contribution in [1.29, 1.82) is 0 Å². The van der Waals surface area contributed by atoms with E-state index in [2.05, 4.69) is 66.5 Å². The van der Waals surface area contributed by atoms with Gasteiger partial charge in [0.15, 0.2) is 0 Å². The molecule has 1 aromatic carbocycles. The highest BCUT2D eigenvalue weighted by atomic mass is 16.1. The molecule has 0 N–H and O–H groups in total. The molecule has 4 nitrogen and oxygen atoms in total. The van der Waals surface area contributed by atoms with Crippen molar-refractivity contribution in [2.45, 2.75) is 38.3 Å². The summed E-state index contributed by atoms with van der Waals surface area (Å²) in [6.07, 6.45) is 16.0. The molecular weight excluding hydrogens is 370 g/mol. The second-order valence-corrected chi connectivity index (χ2v) is 9.25. The predicted molar refractivity (Wildman–Crippen MR) is 124 cm³/mol. The first-order chi connectivity index (χ1) is 14.7. The van der Waals surface area contributed by atoms with Gasteiger partial charge in [-0.15, -0.1) is 0 Å². The lowest BCUT2D eigenvalue weighted by molar-refractivity contribution is 0.659. The molecule has 4 atom stereocenters. The average molecular weight is 398 g/mol. The molecule has 3 heterocycles. The monoisotopic (exact) mass is 397 g/mol. The van der Waals surface area contributed by atoms with Gasteiger partial charge in [0.05, 0.1) is 17.1 Å². The topological polar surface area (TPSA) is 37.6 Å². The first kappa shape index (κ1) is 17.9. The highest BCUT2D eigenvalue weighted by molar-refractivity contribution is 6.01. The van der Waals surface area contributed by atoms with Gasteiger partial charge in [0, 0.05) is 37.0 Å². The van der Waals surface area contributed by atoms with Gasteiger partial charge < -0.3 is 9.47 Å². The van der Waals surface area contributed by atoms with Crippen molar-refractivity contribution in [3.05, 3.63) is 76.8 Å². The zero-order valence-electron chi connectivity index (χ0n) is 17.4. The van der Waals surface area contributed by atoms with Crippen LogP contribution in [0.2, 0.25) is 0 Å². The van der Waals surface area contributed by atoms with Crippen molar-refractivity contribution < 1.29 is 0 Å². The van der Waals surface area contributed by atoms with E-state index in [1.54, 1.807) is 0 Å². The lowest BCUT2D eigenvalue weighted by Crippen LogP contribution is -2.25. The predicted octanol–water partition coefficient (Wildman–Crippen LogP) is 4.67. The van der Waals surface area contributed by atoms with E-state index in [-0.39, 0.29) is 17.6 Å². The summed E-state index contributed by atoms with van der Waals surface area (Å²) in [5.74, 6) is 1.03. The van der Waals surface area contributed by atoms with Gasteiger partial charge in [0.1, 0.15) is 0 Å². The Labute approximate surface area is 176 Å². The fourth-order valence-corrected chi connectivity index (χ4v) is 5.32. The number of hydrogen-bond acceptors (Lipinski definition) is 3. The number of anilines is 1. The van der Waals surface area contributed by atoms with E-state index in [1.807, 2.05) is 10.8 Å². The molecule has 2 aliphatic heterocycles. The molecule has 0 amide bonds. The minimum Gasteiger partial charge on any atom is -0.371 e. The maximum atomic E-state index is 13.6. The van der Waals surface area contributed by atoms with Crippen LogP contribution < -0.4 is 10.5 Å². The van der Waals surface area contributed by atoms with E-state index in [4.69, 9.17) is 4.99 Å². The van der Waals surface area contributed by atoms with E-state index < -0.39 is 0 Å². The van der Waals surface area contributed by atoms with E-state index in [9.17, 15) is 4.79 Å². The third kappa shape index (κ3) is 2.89. The largest absolute Gasteiger partial charge is 0.371 e. The lowest BCUT2D eigenvalue weighted by Gasteiger charge is -2.21. The summed E-state index contributed by atoms with van der Waals surface area (Å²) in [4.78, 5) is 21.0. The van der Waals surface area contributed by atoms with Crippen LogP contribution in [0.1, 0.15) is 32.2 Å². The number of aromatic nitrogens is 1. The zero-order valence-corrected chi connectivity index (χ0v) is 17.4. The van der Waals surface area contributed by atoms with Gasteiger partial charge in [-0.1, -0.05) is 43.4 Å². The number of fused-ring (bicyclic) bond motifs is 2. The zero-order chi connectivity index (χ0) is 20.2. The maximum Gasteiger partial charge on any atom is 0.260 e. The van der Waals surface area contributed by atoms with Crippen LogP contribution in [0, 0.1) is 11.8 Å². The van der Waals surface area contributed by atoms with Gasteiger partial charge in [-0.2, -0.15) is 0 Å². The Morgan fingerprint density at radius 1 is 1.17 bits per heavy atom. The Bertz CT molecular complexity index is 1200. The van der Waals surface area contributed by atoms with Gasteiger partial charge in [0.25, 0.3) is 5.56 Å². The number of hydrogen-bond donors (Lipinski definition) is 0. The Hall–Kier alpha value is -2.88. The molecule has 2 fully saturated rings. The number of dihydropyridines is 1. The molecule has 1 aromatic heterocycles. The van der Waals surface area contributed by atoms with Gasteiger partial charge >= 0.3 is 0 Å². The molecule has 4 unspecified atom stereocenters. The SMILES string of the molecule is CC1CCN(c2cccc3ccn(C4CC4C4=NC5CC=CC=C5C=C4)c(=O)c23)C1. The van der Waals surface area contributed by atoms with Crippen LogP contribution in [0.4, 0.5) is 5.69 Å². The van der Waals surface area contributed by atoms with Crippen molar-refractivity contribution in [3.63, 3.8) is 0 Å². The summed E-state index contributed by atoms with van der Waals surface area (Å²) in [6, 6.07) is 8.85. The number of nitrogens with zero attached hydrogens (tertiary/aromatic N) is 3. The summed E-state index contributed by atoms with van der Waals surface area (Å²) < 4.78 is 1.97. The van der Waals surface area contributed by atoms with Crippen LogP contribution in [0.5, 0.6) is 0 Å². The van der Waals surface area contributed by atoms with Crippen molar-refractivity contribution in [2.24, 2.45) is 16.8 Å². The van der Waals surface area contributed by atoms with Crippen LogP contribution in [0.25, 0.3) is 10.8 Å². The summed E-state index contributed by atoms with van der Waals surface area (Å²) in [5, 5.41) is 1.92. The Balaban J connectivity index is 1.34. The molecule has 1 saturated carbocycles. The van der Waals surface area contributed by atoms with Crippen molar-refractivity contribution >= 4 is 22.2 Å². The molecule has 2 aromatic rings. The Kier molecular flexibility index (Phi) is 4.08. The van der Waals surface area contributed by atoms with Crippen molar-refractivity contribution in [1.82, 2.24) is 4.57 Å². The summed E-state index contributed by atoms with van der Waals surface area (Å²) in [5.41, 5.74) is 3.71. The lowest BCUT2D eigenvalue weighted by atomic mass is 9.95. The van der Waals surface area contributed by atoms with Crippen LogP contribution in [0.15, 0.2) is 76.2 Å². The van der Waals surface area contributed by atoms with Gasteiger partial charge in [-0.05, 0) is 54.3 Å². The fourth-order valence-electron chi connectivity index (χ4n) is 5.32. The summed E-state index contributed by atoms with van der Waals surface area (Å²) in [7, 11) is 0. The number of pyridine rings is 1. The Morgan fingerprint density at radius 3 is 2.97 bits per heavy atom. The van der Waals surface area contributed by atoms with E-state index in [0.29, 0.717) is 11.8 Å². The van der Waals surface area contributed by atoms with E-state index >= 15 is 0 Å². The number of allylic oxidation sites excluding steroid dienone is 3. The molecule has 2 aliphatic carbocycles. The smallest absolute Gasteiger partial charge is 0.260 e. The molecule has 30 heavy (non-hydrogen) atoms. The second kappa shape index (κ2) is 6.83. The van der Waals surface area contributed by atoms with Crippen molar-refractivity contribution in [2.75, 3.05) is 18.0 Å². The fraction of sp³-hybridized carbons (Fsp3) is 0.385. The number of rotatable bonds is 3. The molecule has 0 bridgehead atoms. The molecule has 0 spiro atoms. The van der Waals surface area contributed by atoms with Crippen LogP contribution in [-0.2, 0) is 0 Å². The summed E-state index contributed by atoms with van der Waals surface area (Å²) in [6.45, 7) is 4.36. The number of benzene rings is 1. The molecule has 0 radical (unpaired) electrons. The molecule has 1 saturated heterocycles. The van der Waals surface area contributed by atoms with Gasteiger partial charge in [-0.25, -0.2) is 0 Å². The normalized spacial score (nSPS) is 29.7. The minimum atomic E-state index is 0.150. The Morgan fingerprint density at radius 2 is 2.10 bits per heavy atom. The maximum absolute atomic E-state index is 13.6. The summed E-state index contributed by atoms with van der Waals surface area (Å²) >= 11 is 0. The van der Waals surface area contributed by atoms with E-state index in [0.717, 1.165) is 48.1 Å². The van der Waals surface area contributed by atoms with Crippen LogP contribution >= 0.6 is 0 Å². The molecule has 4 aliphatic rings. The minimum absolute atomic E-state index is 0.150. The molecule has 152 valence electrons. The molecular formula is C26H27N3O. The highest BCUT2D eigenvalue weighted by Crippen LogP contribution is 2.45. The van der Waals surface area contributed by atoms with Crippen LogP contribution in [-0.4, -0.2) is 29.4 Å². The van der Waals surface area contributed by atoms with E-state index in [1.165, 1.54) is 12.0 Å². The average Bonchev–Trinajstić information content (AvgIpc) is 3.45. The molecule has 6 rings (SSSR count). The molecule has 4 heteroatoms. The number of aliphatic imine (C=N–C) groups is 1. The quantitative estimate of drug-likeness (QED) is 0.755. The van der Waals surface area contributed by atoms with Gasteiger partial charge in [0.2, 0.25) is 0 Å².